The molecule has 0 aliphatic carbocycles. The molecule has 2 aromatic rings. The third kappa shape index (κ3) is 3.69. The summed E-state index contributed by atoms with van der Waals surface area (Å²) in [6, 6.07) is 10.5. The van der Waals surface area contributed by atoms with Crippen molar-refractivity contribution in [3.63, 3.8) is 0 Å². The number of para-hydroxylation sites is 1. The number of pyridine rings is 1. The van der Waals surface area contributed by atoms with E-state index in [1.807, 2.05) is 6.07 Å². The molecule has 102 valence electrons. The number of alkyl halides is 1. The van der Waals surface area contributed by atoms with Crippen molar-refractivity contribution in [2.75, 3.05) is 23.8 Å². The minimum atomic E-state index is 1.07. The molecule has 0 radical (unpaired) electrons. The highest BCUT2D eigenvalue weighted by Gasteiger charge is 2.07. The summed E-state index contributed by atoms with van der Waals surface area (Å²) in [5, 5.41) is 2.32. The summed E-state index contributed by atoms with van der Waals surface area (Å²) in [7, 11) is 2.14. The van der Waals surface area contributed by atoms with Crippen LogP contribution in [0.3, 0.4) is 0 Å². The smallest absolute Gasteiger partial charge is 0.131 e. The van der Waals surface area contributed by atoms with Gasteiger partial charge in [0.25, 0.3) is 0 Å². The Morgan fingerprint density at radius 1 is 1.16 bits per heavy atom. The molecule has 0 saturated heterocycles. The van der Waals surface area contributed by atoms with Crippen molar-refractivity contribution in [2.24, 2.45) is 0 Å². The minimum Gasteiger partial charge on any atom is -0.359 e. The van der Waals surface area contributed by atoms with Gasteiger partial charge in [-0.15, -0.1) is 0 Å². The molecule has 3 heteroatoms. The Labute approximate surface area is 124 Å². The van der Waals surface area contributed by atoms with E-state index >= 15 is 0 Å². The van der Waals surface area contributed by atoms with Gasteiger partial charge in [0.15, 0.2) is 0 Å². The lowest BCUT2D eigenvalue weighted by atomic mass is 10.1. The Bertz CT molecular complexity index is 539. The van der Waals surface area contributed by atoms with Gasteiger partial charge in [0.05, 0.1) is 5.52 Å². The van der Waals surface area contributed by atoms with E-state index in [0.29, 0.717) is 0 Å². The molecule has 2 rings (SSSR count). The van der Waals surface area contributed by atoms with E-state index < -0.39 is 0 Å². The lowest BCUT2D eigenvalue weighted by Gasteiger charge is -2.20. The highest BCUT2D eigenvalue weighted by Crippen LogP contribution is 2.22. The van der Waals surface area contributed by atoms with Crippen molar-refractivity contribution in [1.82, 2.24) is 4.98 Å². The van der Waals surface area contributed by atoms with Gasteiger partial charge in [0.2, 0.25) is 0 Å². The van der Waals surface area contributed by atoms with Gasteiger partial charge in [0, 0.05) is 24.3 Å². The number of rotatable bonds is 6. The second kappa shape index (κ2) is 6.90. The molecule has 0 spiro atoms. The van der Waals surface area contributed by atoms with Gasteiger partial charge in [0.1, 0.15) is 5.82 Å². The highest BCUT2D eigenvalue weighted by molar-refractivity contribution is 9.09. The summed E-state index contributed by atoms with van der Waals surface area (Å²) in [5.41, 5.74) is 2.33. The molecule has 1 aromatic heterocycles. The molecule has 0 atom stereocenters. The predicted molar refractivity (Wildman–Crippen MR) is 87.4 cm³/mol. The van der Waals surface area contributed by atoms with E-state index in [-0.39, 0.29) is 0 Å². The Hall–Kier alpha value is -1.09. The maximum atomic E-state index is 4.79. The largest absolute Gasteiger partial charge is 0.359 e. The van der Waals surface area contributed by atoms with Crippen LogP contribution in [0.15, 0.2) is 30.3 Å². The fourth-order valence-electron chi connectivity index (χ4n) is 2.32. The van der Waals surface area contributed by atoms with Crippen LogP contribution in [-0.2, 0) is 0 Å². The average Bonchev–Trinajstić information content (AvgIpc) is 2.42. The molecule has 0 fully saturated rings. The van der Waals surface area contributed by atoms with Gasteiger partial charge >= 0.3 is 0 Å². The molecule has 19 heavy (non-hydrogen) atoms. The van der Waals surface area contributed by atoms with Crippen molar-refractivity contribution in [3.05, 3.63) is 35.9 Å². The summed E-state index contributed by atoms with van der Waals surface area (Å²) in [6.07, 6.45) is 3.73. The van der Waals surface area contributed by atoms with Crippen LogP contribution in [0.5, 0.6) is 0 Å². The van der Waals surface area contributed by atoms with E-state index in [1.165, 1.54) is 30.2 Å². The first-order valence-electron chi connectivity index (χ1n) is 6.86. The van der Waals surface area contributed by atoms with Gasteiger partial charge in [-0.05, 0) is 37.5 Å². The minimum absolute atomic E-state index is 1.07. The number of aromatic nitrogens is 1. The maximum absolute atomic E-state index is 4.79. The summed E-state index contributed by atoms with van der Waals surface area (Å²) in [5.74, 6) is 1.11. The van der Waals surface area contributed by atoms with Crippen LogP contribution < -0.4 is 4.90 Å². The molecule has 0 saturated carbocycles. The number of hydrogen-bond acceptors (Lipinski definition) is 2. The molecule has 0 aliphatic rings. The summed E-state index contributed by atoms with van der Waals surface area (Å²) in [4.78, 5) is 7.06. The van der Waals surface area contributed by atoms with Crippen LogP contribution in [0.2, 0.25) is 0 Å². The van der Waals surface area contributed by atoms with Gasteiger partial charge in [-0.1, -0.05) is 40.5 Å². The molecule has 0 aliphatic heterocycles. The number of fused-ring (bicyclic) bond motifs is 1. The van der Waals surface area contributed by atoms with Crippen LogP contribution >= 0.6 is 15.9 Å². The Morgan fingerprint density at radius 3 is 2.74 bits per heavy atom. The number of aryl methyl sites for hydroxylation is 1. The average molecular weight is 321 g/mol. The van der Waals surface area contributed by atoms with Crippen LogP contribution in [0, 0.1) is 6.92 Å². The molecule has 1 heterocycles. The fraction of sp³-hybridized carbons (Fsp3) is 0.438. The zero-order valence-corrected chi connectivity index (χ0v) is 13.3. The lowest BCUT2D eigenvalue weighted by Crippen LogP contribution is -2.20. The molecular formula is C16H21BrN2. The number of unbranched alkanes of at least 4 members (excludes halogenated alkanes) is 2. The molecule has 0 unspecified atom stereocenters. The van der Waals surface area contributed by atoms with Crippen molar-refractivity contribution in [1.29, 1.82) is 0 Å². The Balaban J connectivity index is 2.12. The van der Waals surface area contributed by atoms with Gasteiger partial charge in [-0.25, -0.2) is 4.98 Å². The molecule has 0 N–H and O–H groups in total. The Kier molecular flexibility index (Phi) is 5.20. The third-order valence-electron chi connectivity index (χ3n) is 3.38. The van der Waals surface area contributed by atoms with Crippen molar-refractivity contribution < 1.29 is 0 Å². The van der Waals surface area contributed by atoms with Crippen LogP contribution in [-0.4, -0.2) is 23.9 Å². The second-order valence-corrected chi connectivity index (χ2v) is 5.79. The molecule has 0 bridgehead atoms. The van der Waals surface area contributed by atoms with Crippen molar-refractivity contribution >= 4 is 32.7 Å². The molecular weight excluding hydrogens is 300 g/mol. The molecule has 0 amide bonds. The van der Waals surface area contributed by atoms with Gasteiger partial charge in [-0.2, -0.15) is 0 Å². The lowest BCUT2D eigenvalue weighted by molar-refractivity contribution is 0.706. The first-order valence-corrected chi connectivity index (χ1v) is 7.98. The number of nitrogens with zero attached hydrogens (tertiary/aromatic N) is 2. The van der Waals surface area contributed by atoms with Crippen LogP contribution in [0.1, 0.15) is 24.8 Å². The van der Waals surface area contributed by atoms with E-state index in [0.717, 1.165) is 23.2 Å². The fourth-order valence-corrected chi connectivity index (χ4v) is 2.72. The van der Waals surface area contributed by atoms with Crippen molar-refractivity contribution in [3.8, 4) is 0 Å². The molecule has 2 nitrogen and oxygen atoms in total. The second-order valence-electron chi connectivity index (χ2n) is 4.99. The topological polar surface area (TPSA) is 16.1 Å². The van der Waals surface area contributed by atoms with Gasteiger partial charge in [-0.3, -0.25) is 0 Å². The quantitative estimate of drug-likeness (QED) is 0.573. The monoisotopic (exact) mass is 320 g/mol. The van der Waals surface area contributed by atoms with E-state index in [9.17, 15) is 0 Å². The normalized spacial score (nSPS) is 10.9. The Morgan fingerprint density at radius 2 is 1.95 bits per heavy atom. The first kappa shape index (κ1) is 14.3. The SMILES string of the molecule is Cc1cc2ccccc2nc1N(C)CCCCCBr. The van der Waals surface area contributed by atoms with Crippen LogP contribution in [0.4, 0.5) is 5.82 Å². The first-order chi connectivity index (χ1) is 9.22. The molecule has 1 aromatic carbocycles. The van der Waals surface area contributed by atoms with E-state index in [4.69, 9.17) is 4.98 Å². The zero-order chi connectivity index (χ0) is 13.7. The standard InChI is InChI=1S/C16H21BrN2/c1-13-12-14-8-4-5-9-15(14)18-16(13)19(2)11-7-3-6-10-17/h4-5,8-9,12H,3,6-7,10-11H2,1-2H3. The summed E-state index contributed by atoms with van der Waals surface area (Å²) in [6.45, 7) is 3.21. The highest BCUT2D eigenvalue weighted by atomic mass is 79.9. The number of anilines is 1. The van der Waals surface area contributed by atoms with E-state index in [2.05, 4.69) is 59.1 Å². The van der Waals surface area contributed by atoms with Gasteiger partial charge < -0.3 is 4.90 Å². The number of benzene rings is 1. The maximum Gasteiger partial charge on any atom is 0.131 e. The van der Waals surface area contributed by atoms with E-state index in [1.54, 1.807) is 0 Å². The number of hydrogen-bond donors (Lipinski definition) is 0. The number of halogens is 1. The predicted octanol–water partition coefficient (Wildman–Crippen LogP) is 4.54. The zero-order valence-electron chi connectivity index (χ0n) is 11.7. The van der Waals surface area contributed by atoms with Crippen molar-refractivity contribution in [2.45, 2.75) is 26.2 Å². The summed E-state index contributed by atoms with van der Waals surface area (Å²) < 4.78 is 0. The summed E-state index contributed by atoms with van der Waals surface area (Å²) >= 11 is 3.47. The third-order valence-corrected chi connectivity index (χ3v) is 3.94. The van der Waals surface area contributed by atoms with Crippen LogP contribution in [0.25, 0.3) is 10.9 Å².